The van der Waals surface area contributed by atoms with Crippen molar-refractivity contribution in [1.29, 1.82) is 0 Å². The highest BCUT2D eigenvalue weighted by Crippen LogP contribution is 2.51. The van der Waals surface area contributed by atoms with Crippen molar-refractivity contribution in [3.8, 4) is 0 Å². The van der Waals surface area contributed by atoms with Gasteiger partial charge in [-0.2, -0.15) is 0 Å². The molecule has 19 heavy (non-hydrogen) atoms. The van der Waals surface area contributed by atoms with Crippen molar-refractivity contribution >= 4 is 0 Å². The average Bonchev–Trinajstić information content (AvgIpc) is 3.24. The van der Waals surface area contributed by atoms with Gasteiger partial charge < -0.3 is 5.32 Å². The molecule has 1 nitrogen and oxygen atoms in total. The summed E-state index contributed by atoms with van der Waals surface area (Å²) in [5.41, 5.74) is 1.54. The molecule has 1 saturated carbocycles. The van der Waals surface area contributed by atoms with E-state index < -0.39 is 0 Å². The van der Waals surface area contributed by atoms with Crippen LogP contribution in [0.25, 0.3) is 0 Å². The molecule has 4 unspecified atom stereocenters. The first-order valence-corrected chi connectivity index (χ1v) is 8.04. The second-order valence-corrected chi connectivity index (χ2v) is 6.04. The van der Waals surface area contributed by atoms with E-state index in [1.54, 1.807) is 0 Å². The molecule has 0 amide bonds. The minimum absolute atomic E-state index is 0.710. The lowest BCUT2D eigenvalue weighted by molar-refractivity contribution is 0.301. The Kier molecular flexibility index (Phi) is 5.45. The van der Waals surface area contributed by atoms with E-state index in [1.807, 2.05) is 0 Å². The van der Waals surface area contributed by atoms with E-state index in [1.165, 1.54) is 37.7 Å². The zero-order valence-electron chi connectivity index (χ0n) is 12.7. The summed E-state index contributed by atoms with van der Waals surface area (Å²) in [6.45, 7) is 4.65. The maximum atomic E-state index is 3.62. The Morgan fingerprint density at radius 1 is 1.21 bits per heavy atom. The normalized spacial score (nSPS) is 25.0. The SMILES string of the molecule is CCCCC(CC)C(NC)C1CC1c1ccccc1. The monoisotopic (exact) mass is 259 g/mol. The smallest absolute Gasteiger partial charge is 0.0126 e. The summed E-state index contributed by atoms with van der Waals surface area (Å²) in [4.78, 5) is 0. The molecule has 0 saturated heterocycles. The van der Waals surface area contributed by atoms with Crippen LogP contribution < -0.4 is 5.32 Å². The molecule has 1 aliphatic carbocycles. The van der Waals surface area contributed by atoms with Crippen LogP contribution in [0, 0.1) is 11.8 Å². The van der Waals surface area contributed by atoms with E-state index in [9.17, 15) is 0 Å². The van der Waals surface area contributed by atoms with Crippen molar-refractivity contribution in [3.05, 3.63) is 35.9 Å². The van der Waals surface area contributed by atoms with E-state index in [0.29, 0.717) is 6.04 Å². The molecule has 1 aliphatic rings. The van der Waals surface area contributed by atoms with Crippen molar-refractivity contribution < 1.29 is 0 Å². The van der Waals surface area contributed by atoms with E-state index >= 15 is 0 Å². The quantitative estimate of drug-likeness (QED) is 0.719. The zero-order valence-corrected chi connectivity index (χ0v) is 12.7. The minimum Gasteiger partial charge on any atom is -0.316 e. The van der Waals surface area contributed by atoms with Gasteiger partial charge in [0.2, 0.25) is 0 Å². The van der Waals surface area contributed by atoms with E-state index in [4.69, 9.17) is 0 Å². The summed E-state index contributed by atoms with van der Waals surface area (Å²) in [7, 11) is 2.15. The molecule has 1 heteroatoms. The van der Waals surface area contributed by atoms with Crippen molar-refractivity contribution in [1.82, 2.24) is 5.32 Å². The standard InChI is InChI=1S/C18H29N/c1-4-6-10-14(5-2)18(19-3)17-13-16(17)15-11-8-7-9-12-15/h7-9,11-12,14,16-19H,4-6,10,13H2,1-3H3. The molecule has 0 spiro atoms. The first kappa shape index (κ1) is 14.6. The van der Waals surface area contributed by atoms with Crippen molar-refractivity contribution in [2.45, 2.75) is 57.9 Å². The Morgan fingerprint density at radius 3 is 2.53 bits per heavy atom. The van der Waals surface area contributed by atoms with E-state index in [2.05, 4.69) is 56.5 Å². The summed E-state index contributed by atoms with van der Waals surface area (Å²) in [6, 6.07) is 11.8. The number of hydrogen-bond donors (Lipinski definition) is 1. The molecule has 1 aromatic rings. The number of hydrogen-bond acceptors (Lipinski definition) is 1. The Morgan fingerprint density at radius 2 is 1.95 bits per heavy atom. The van der Waals surface area contributed by atoms with Gasteiger partial charge in [-0.1, -0.05) is 63.4 Å². The Labute approximate surface area is 118 Å². The van der Waals surface area contributed by atoms with Crippen LogP contribution in [0.5, 0.6) is 0 Å². The number of unbranched alkanes of at least 4 members (excludes halogenated alkanes) is 1. The van der Waals surface area contributed by atoms with Gasteiger partial charge in [-0.05, 0) is 43.2 Å². The fourth-order valence-corrected chi connectivity index (χ4v) is 3.60. The molecular formula is C18H29N. The number of nitrogens with one attached hydrogen (secondary N) is 1. The lowest BCUT2D eigenvalue weighted by atomic mass is 9.87. The van der Waals surface area contributed by atoms with Gasteiger partial charge in [0.25, 0.3) is 0 Å². The van der Waals surface area contributed by atoms with Gasteiger partial charge in [0.05, 0.1) is 0 Å². The second kappa shape index (κ2) is 7.09. The maximum absolute atomic E-state index is 3.62. The molecule has 106 valence electrons. The van der Waals surface area contributed by atoms with Crippen LogP contribution in [0.4, 0.5) is 0 Å². The van der Waals surface area contributed by atoms with Gasteiger partial charge in [-0.3, -0.25) is 0 Å². The summed E-state index contributed by atoms with van der Waals surface area (Å²) >= 11 is 0. The molecule has 1 fully saturated rings. The zero-order chi connectivity index (χ0) is 13.7. The topological polar surface area (TPSA) is 12.0 Å². The predicted octanol–water partition coefficient (Wildman–Crippen LogP) is 4.59. The van der Waals surface area contributed by atoms with Gasteiger partial charge in [-0.15, -0.1) is 0 Å². The summed E-state index contributed by atoms with van der Waals surface area (Å²) in [5, 5.41) is 3.62. The highest BCUT2D eigenvalue weighted by atomic mass is 14.9. The summed E-state index contributed by atoms with van der Waals surface area (Å²) in [6.07, 6.45) is 6.76. The van der Waals surface area contributed by atoms with Crippen molar-refractivity contribution in [3.63, 3.8) is 0 Å². The van der Waals surface area contributed by atoms with Gasteiger partial charge in [0.1, 0.15) is 0 Å². The van der Waals surface area contributed by atoms with Gasteiger partial charge in [0, 0.05) is 6.04 Å². The Hall–Kier alpha value is -0.820. The molecule has 0 heterocycles. The lowest BCUT2D eigenvalue weighted by Crippen LogP contribution is -2.35. The van der Waals surface area contributed by atoms with Crippen LogP contribution >= 0.6 is 0 Å². The van der Waals surface area contributed by atoms with Crippen molar-refractivity contribution in [2.24, 2.45) is 11.8 Å². The van der Waals surface area contributed by atoms with Crippen LogP contribution in [0.3, 0.4) is 0 Å². The maximum Gasteiger partial charge on any atom is 0.0126 e. The van der Waals surface area contributed by atoms with Crippen LogP contribution in [-0.2, 0) is 0 Å². The highest BCUT2D eigenvalue weighted by molar-refractivity contribution is 5.26. The van der Waals surface area contributed by atoms with Crippen LogP contribution in [-0.4, -0.2) is 13.1 Å². The van der Waals surface area contributed by atoms with E-state index in [0.717, 1.165) is 17.8 Å². The molecular weight excluding hydrogens is 230 g/mol. The van der Waals surface area contributed by atoms with Crippen LogP contribution in [0.2, 0.25) is 0 Å². The molecule has 1 aromatic carbocycles. The van der Waals surface area contributed by atoms with E-state index in [-0.39, 0.29) is 0 Å². The molecule has 4 atom stereocenters. The van der Waals surface area contributed by atoms with Gasteiger partial charge in [-0.25, -0.2) is 0 Å². The molecule has 0 aromatic heterocycles. The predicted molar refractivity (Wildman–Crippen MR) is 83.4 cm³/mol. The minimum atomic E-state index is 0.710. The summed E-state index contributed by atoms with van der Waals surface area (Å²) < 4.78 is 0. The van der Waals surface area contributed by atoms with Crippen LogP contribution in [0.1, 0.15) is 57.4 Å². The largest absolute Gasteiger partial charge is 0.316 e. The fourth-order valence-electron chi connectivity index (χ4n) is 3.60. The third kappa shape index (κ3) is 3.60. The number of benzene rings is 1. The molecule has 0 aliphatic heterocycles. The van der Waals surface area contributed by atoms with Gasteiger partial charge in [0.15, 0.2) is 0 Å². The molecule has 2 rings (SSSR count). The molecule has 0 radical (unpaired) electrons. The summed E-state index contributed by atoms with van der Waals surface area (Å²) in [5.74, 6) is 2.51. The van der Waals surface area contributed by atoms with Crippen molar-refractivity contribution in [2.75, 3.05) is 7.05 Å². The fraction of sp³-hybridized carbons (Fsp3) is 0.667. The first-order valence-electron chi connectivity index (χ1n) is 8.04. The first-order chi connectivity index (χ1) is 9.31. The van der Waals surface area contributed by atoms with Crippen LogP contribution in [0.15, 0.2) is 30.3 Å². The Balaban J connectivity index is 1.96. The van der Waals surface area contributed by atoms with Gasteiger partial charge >= 0.3 is 0 Å². The molecule has 0 bridgehead atoms. The third-order valence-corrected chi connectivity index (χ3v) is 4.82. The lowest BCUT2D eigenvalue weighted by Gasteiger charge is -2.26. The third-order valence-electron chi connectivity index (χ3n) is 4.82. The average molecular weight is 259 g/mol. The Bertz CT molecular complexity index is 359. The number of rotatable bonds is 8. The highest BCUT2D eigenvalue weighted by Gasteiger charge is 2.45. The second-order valence-electron chi connectivity index (χ2n) is 6.04. The molecule has 1 N–H and O–H groups in total.